The van der Waals surface area contributed by atoms with Crippen molar-refractivity contribution in [2.24, 2.45) is 5.92 Å². The molecule has 2 heterocycles. The average molecular weight is 392 g/mol. The number of carbonyl (C=O) groups excluding carboxylic acids is 1. The first-order valence-corrected chi connectivity index (χ1v) is 9.68. The van der Waals surface area contributed by atoms with Crippen LogP contribution in [-0.4, -0.2) is 56.9 Å². The molecule has 0 spiro atoms. The van der Waals surface area contributed by atoms with Crippen LogP contribution < -0.4 is 5.32 Å². The first-order valence-electron chi connectivity index (χ1n) is 9.68. The lowest BCUT2D eigenvalue weighted by molar-refractivity contribution is -0.138. The van der Waals surface area contributed by atoms with Gasteiger partial charge in [-0.25, -0.2) is 0 Å². The predicted octanol–water partition coefficient (Wildman–Crippen LogP) is 2.10. The molecule has 0 bridgehead atoms. The Morgan fingerprint density at radius 1 is 1.32 bits per heavy atom. The molecule has 2 aromatic heterocycles. The van der Waals surface area contributed by atoms with Gasteiger partial charge in [-0.05, 0) is 32.6 Å². The number of rotatable bonds is 8. The molecule has 1 aliphatic carbocycles. The molecule has 10 heteroatoms. The van der Waals surface area contributed by atoms with Crippen molar-refractivity contribution in [3.63, 3.8) is 0 Å². The van der Waals surface area contributed by atoms with Gasteiger partial charge in [0.25, 0.3) is 0 Å². The summed E-state index contributed by atoms with van der Waals surface area (Å²) in [7, 11) is 1.76. The Kier molecular flexibility index (Phi) is 6.61. The third-order valence-corrected chi connectivity index (χ3v) is 4.83. The van der Waals surface area contributed by atoms with Crippen LogP contribution in [0.4, 0.5) is 6.01 Å². The standard InChI is InChI=1S/C18H28N6O4/c1-5-8-26-15-9-13(6-7-14(15)20-18-22-21-12(3)27-18)17(25)24(4)10-16-19-11(2)23-28-16/h13-15H,5-10H2,1-4H3,(H,20,22)/t13-,14-,15-/m0/s1. The predicted molar refractivity (Wildman–Crippen MR) is 99.3 cm³/mol. The molecule has 0 aromatic carbocycles. The Labute approximate surface area is 164 Å². The number of amides is 1. The second-order valence-corrected chi connectivity index (χ2v) is 7.23. The summed E-state index contributed by atoms with van der Waals surface area (Å²) < 4.78 is 16.6. The zero-order chi connectivity index (χ0) is 20.1. The minimum atomic E-state index is -0.113. The Bertz CT molecular complexity index is 776. The van der Waals surface area contributed by atoms with Crippen molar-refractivity contribution in [1.29, 1.82) is 0 Å². The number of nitrogens with zero attached hydrogens (tertiary/aromatic N) is 5. The lowest BCUT2D eigenvalue weighted by Crippen LogP contribution is -2.45. The van der Waals surface area contributed by atoms with Gasteiger partial charge in [0, 0.05) is 26.5 Å². The summed E-state index contributed by atoms with van der Waals surface area (Å²) in [6.45, 7) is 6.52. The molecule has 0 saturated heterocycles. The quantitative estimate of drug-likeness (QED) is 0.720. The van der Waals surface area contributed by atoms with Crippen LogP contribution in [0.2, 0.25) is 0 Å². The highest BCUT2D eigenvalue weighted by Crippen LogP contribution is 2.30. The monoisotopic (exact) mass is 392 g/mol. The van der Waals surface area contributed by atoms with E-state index in [1.54, 1.807) is 25.8 Å². The van der Waals surface area contributed by atoms with Crippen molar-refractivity contribution in [3.8, 4) is 0 Å². The zero-order valence-corrected chi connectivity index (χ0v) is 16.8. The van der Waals surface area contributed by atoms with Gasteiger partial charge in [0.2, 0.25) is 17.7 Å². The normalized spacial score (nSPS) is 22.2. The molecule has 1 aliphatic rings. The second kappa shape index (κ2) is 9.13. The lowest BCUT2D eigenvalue weighted by atomic mass is 9.83. The number of ether oxygens (including phenoxy) is 1. The summed E-state index contributed by atoms with van der Waals surface area (Å²) in [6.07, 6.45) is 2.98. The van der Waals surface area contributed by atoms with Crippen LogP contribution in [0.1, 0.15) is 50.2 Å². The van der Waals surface area contributed by atoms with E-state index in [1.807, 2.05) is 0 Å². The Hall–Kier alpha value is -2.49. The average Bonchev–Trinajstić information content (AvgIpc) is 3.27. The molecule has 0 radical (unpaired) electrons. The molecule has 154 valence electrons. The number of hydrogen-bond donors (Lipinski definition) is 1. The third kappa shape index (κ3) is 5.06. The van der Waals surface area contributed by atoms with Gasteiger partial charge in [0.05, 0.1) is 18.7 Å². The molecule has 1 saturated carbocycles. The molecule has 1 N–H and O–H groups in total. The number of hydrogen-bond acceptors (Lipinski definition) is 9. The van der Waals surface area contributed by atoms with E-state index in [1.165, 1.54) is 0 Å². The Morgan fingerprint density at radius 3 is 2.79 bits per heavy atom. The van der Waals surface area contributed by atoms with Gasteiger partial charge < -0.3 is 23.9 Å². The van der Waals surface area contributed by atoms with Crippen molar-refractivity contribution >= 4 is 11.9 Å². The molecule has 28 heavy (non-hydrogen) atoms. The van der Waals surface area contributed by atoms with E-state index in [9.17, 15) is 4.79 Å². The first kappa shape index (κ1) is 20.2. The van der Waals surface area contributed by atoms with E-state index in [4.69, 9.17) is 13.7 Å². The topological polar surface area (TPSA) is 119 Å². The van der Waals surface area contributed by atoms with Crippen LogP contribution in [-0.2, 0) is 16.1 Å². The van der Waals surface area contributed by atoms with Crippen molar-refractivity contribution < 1.29 is 18.5 Å². The van der Waals surface area contributed by atoms with E-state index in [0.717, 1.165) is 19.3 Å². The Morgan fingerprint density at radius 2 is 2.14 bits per heavy atom. The van der Waals surface area contributed by atoms with Crippen molar-refractivity contribution in [2.75, 3.05) is 19.0 Å². The minimum Gasteiger partial charge on any atom is -0.408 e. The van der Waals surface area contributed by atoms with Crippen LogP contribution in [0.15, 0.2) is 8.94 Å². The summed E-state index contributed by atoms with van der Waals surface area (Å²) in [5.74, 6) is 1.46. The summed E-state index contributed by atoms with van der Waals surface area (Å²) in [5.41, 5.74) is 0. The van der Waals surface area contributed by atoms with Crippen molar-refractivity contribution in [3.05, 3.63) is 17.6 Å². The number of aromatic nitrogens is 4. The van der Waals surface area contributed by atoms with Gasteiger partial charge in [-0.2, -0.15) is 4.98 Å². The van der Waals surface area contributed by atoms with Gasteiger partial charge in [-0.15, -0.1) is 5.10 Å². The molecular formula is C18H28N6O4. The summed E-state index contributed by atoms with van der Waals surface area (Å²) >= 11 is 0. The molecule has 3 rings (SSSR count). The fourth-order valence-electron chi connectivity index (χ4n) is 3.48. The number of nitrogens with one attached hydrogen (secondary N) is 1. The highest BCUT2D eigenvalue weighted by Gasteiger charge is 2.36. The molecule has 1 fully saturated rings. The highest BCUT2D eigenvalue weighted by atomic mass is 16.5. The van der Waals surface area contributed by atoms with Crippen LogP contribution in [0.25, 0.3) is 0 Å². The number of carbonyl (C=O) groups is 1. The third-order valence-electron chi connectivity index (χ3n) is 4.83. The molecular weight excluding hydrogens is 364 g/mol. The van der Waals surface area contributed by atoms with Crippen molar-refractivity contribution in [1.82, 2.24) is 25.2 Å². The molecule has 10 nitrogen and oxygen atoms in total. The van der Waals surface area contributed by atoms with E-state index in [0.29, 0.717) is 43.2 Å². The van der Waals surface area contributed by atoms with Gasteiger partial charge >= 0.3 is 6.01 Å². The molecule has 2 aromatic rings. The summed E-state index contributed by atoms with van der Waals surface area (Å²) in [4.78, 5) is 18.7. The number of anilines is 1. The van der Waals surface area contributed by atoms with E-state index in [2.05, 4.69) is 32.6 Å². The molecule has 0 unspecified atom stereocenters. The van der Waals surface area contributed by atoms with E-state index >= 15 is 0 Å². The van der Waals surface area contributed by atoms with Gasteiger partial charge in [-0.3, -0.25) is 4.79 Å². The second-order valence-electron chi connectivity index (χ2n) is 7.23. The lowest BCUT2D eigenvalue weighted by Gasteiger charge is -2.36. The smallest absolute Gasteiger partial charge is 0.315 e. The SMILES string of the molecule is CCCO[C@H]1C[C@@H](C(=O)N(C)Cc2nc(C)no2)CC[C@@H]1Nc1nnc(C)o1. The number of aryl methyl sites for hydroxylation is 2. The van der Waals surface area contributed by atoms with Crippen LogP contribution >= 0.6 is 0 Å². The van der Waals surface area contributed by atoms with Gasteiger partial charge in [-0.1, -0.05) is 17.2 Å². The van der Waals surface area contributed by atoms with Gasteiger partial charge in [0.15, 0.2) is 5.82 Å². The zero-order valence-electron chi connectivity index (χ0n) is 16.8. The summed E-state index contributed by atoms with van der Waals surface area (Å²) in [5, 5.41) is 14.9. The highest BCUT2D eigenvalue weighted by molar-refractivity contribution is 5.78. The summed E-state index contributed by atoms with van der Waals surface area (Å²) in [6, 6.07) is 0.417. The van der Waals surface area contributed by atoms with Crippen LogP contribution in [0.3, 0.4) is 0 Å². The molecule has 3 atom stereocenters. The fourth-order valence-corrected chi connectivity index (χ4v) is 3.48. The first-order chi connectivity index (χ1) is 13.5. The van der Waals surface area contributed by atoms with Crippen LogP contribution in [0.5, 0.6) is 0 Å². The maximum absolute atomic E-state index is 12.9. The largest absolute Gasteiger partial charge is 0.408 e. The van der Waals surface area contributed by atoms with Crippen molar-refractivity contribution in [2.45, 2.75) is 65.1 Å². The van der Waals surface area contributed by atoms with E-state index in [-0.39, 0.29) is 24.0 Å². The fraction of sp³-hybridized carbons (Fsp3) is 0.722. The van der Waals surface area contributed by atoms with Crippen LogP contribution in [0, 0.1) is 19.8 Å². The molecule has 1 amide bonds. The van der Waals surface area contributed by atoms with Gasteiger partial charge in [0.1, 0.15) is 0 Å². The minimum absolute atomic E-state index is 0.0272. The maximum Gasteiger partial charge on any atom is 0.315 e. The molecule has 0 aliphatic heterocycles. The maximum atomic E-state index is 12.9. The Balaban J connectivity index is 1.61. The van der Waals surface area contributed by atoms with E-state index < -0.39 is 0 Å².